The molecule has 2 aromatic carbocycles. The molecule has 0 aromatic heterocycles. The van der Waals surface area contributed by atoms with Crippen molar-refractivity contribution in [2.45, 2.75) is 50.4 Å². The lowest BCUT2D eigenvalue weighted by Gasteiger charge is -2.26. The summed E-state index contributed by atoms with van der Waals surface area (Å²) in [6.45, 7) is 0.313. The molecule has 0 spiro atoms. The third kappa shape index (κ3) is 8.05. The lowest BCUT2D eigenvalue weighted by molar-refractivity contribution is -0.145. The second kappa shape index (κ2) is 13.8. The van der Waals surface area contributed by atoms with E-state index >= 15 is 0 Å². The molecule has 0 radical (unpaired) electrons. The van der Waals surface area contributed by atoms with Crippen LogP contribution in [-0.2, 0) is 41.7 Å². The summed E-state index contributed by atoms with van der Waals surface area (Å²) in [6.07, 6.45) is -0.430. The first-order valence-corrected chi connectivity index (χ1v) is 12.2. The highest BCUT2D eigenvalue weighted by Crippen LogP contribution is 2.19. The van der Waals surface area contributed by atoms with Crippen molar-refractivity contribution in [3.63, 3.8) is 0 Å². The molecule has 38 heavy (non-hydrogen) atoms. The molecule has 0 saturated carbocycles. The SMILES string of the molecule is COC(=O)[C@H](Cc1ccccc1)NC(=O)[C@H](CC(=O)O)NC(=O)[C@H]1CCCN1C(=O)OCc1ccccc1. The van der Waals surface area contributed by atoms with E-state index in [0.29, 0.717) is 12.8 Å². The summed E-state index contributed by atoms with van der Waals surface area (Å²) in [5, 5.41) is 14.3. The van der Waals surface area contributed by atoms with Crippen LogP contribution in [0.2, 0.25) is 0 Å². The van der Waals surface area contributed by atoms with Gasteiger partial charge < -0.3 is 25.2 Å². The summed E-state index contributed by atoms with van der Waals surface area (Å²) in [5.74, 6) is -3.58. The van der Waals surface area contributed by atoms with Gasteiger partial charge in [-0.3, -0.25) is 19.3 Å². The Morgan fingerprint density at radius 1 is 0.947 bits per heavy atom. The van der Waals surface area contributed by atoms with Crippen LogP contribution < -0.4 is 10.6 Å². The average Bonchev–Trinajstić information content (AvgIpc) is 3.42. The highest BCUT2D eigenvalue weighted by Gasteiger charge is 2.38. The normalized spacial score (nSPS) is 16.1. The van der Waals surface area contributed by atoms with E-state index < -0.39 is 54.4 Å². The zero-order valence-corrected chi connectivity index (χ0v) is 21.0. The van der Waals surface area contributed by atoms with E-state index in [1.807, 2.05) is 18.2 Å². The molecule has 0 bridgehead atoms. The minimum atomic E-state index is -1.48. The van der Waals surface area contributed by atoms with Gasteiger partial charge in [-0.2, -0.15) is 0 Å². The van der Waals surface area contributed by atoms with Crippen molar-refractivity contribution >= 4 is 29.8 Å². The standard InChI is InChI=1S/C27H31N3O8/c1-37-26(35)21(15-18-9-4-2-5-10-18)29-24(33)20(16-23(31)32)28-25(34)22-13-8-14-30(22)27(36)38-17-19-11-6-3-7-12-19/h2-7,9-12,20-22H,8,13-17H2,1H3,(H,28,34)(H,29,33)(H,31,32)/t20-,21-,22+/m0/s1. The maximum absolute atomic E-state index is 13.1. The van der Waals surface area contributed by atoms with E-state index in [0.717, 1.165) is 11.1 Å². The minimum Gasteiger partial charge on any atom is -0.481 e. The fraction of sp³-hybridized carbons (Fsp3) is 0.370. The van der Waals surface area contributed by atoms with Crippen LogP contribution in [0.3, 0.4) is 0 Å². The Hall–Kier alpha value is -4.41. The predicted molar refractivity (Wildman–Crippen MR) is 135 cm³/mol. The maximum atomic E-state index is 13.1. The van der Waals surface area contributed by atoms with E-state index in [4.69, 9.17) is 9.47 Å². The number of nitrogens with zero attached hydrogens (tertiary/aromatic N) is 1. The molecular formula is C27H31N3O8. The van der Waals surface area contributed by atoms with Gasteiger partial charge in [-0.15, -0.1) is 0 Å². The summed E-state index contributed by atoms with van der Waals surface area (Å²) in [4.78, 5) is 63.8. The molecule has 0 unspecified atom stereocenters. The number of carbonyl (C=O) groups excluding carboxylic acids is 4. The van der Waals surface area contributed by atoms with Gasteiger partial charge in [0, 0.05) is 13.0 Å². The molecule has 1 saturated heterocycles. The first-order valence-electron chi connectivity index (χ1n) is 12.2. The van der Waals surface area contributed by atoms with Crippen LogP contribution in [0.15, 0.2) is 60.7 Å². The molecule has 3 atom stereocenters. The van der Waals surface area contributed by atoms with Gasteiger partial charge in [-0.25, -0.2) is 9.59 Å². The van der Waals surface area contributed by atoms with Gasteiger partial charge in [0.05, 0.1) is 13.5 Å². The number of rotatable bonds is 11. The summed E-state index contributed by atoms with van der Waals surface area (Å²) in [5.41, 5.74) is 1.53. The molecule has 0 aliphatic carbocycles. The smallest absolute Gasteiger partial charge is 0.410 e. The van der Waals surface area contributed by atoms with Crippen molar-refractivity contribution in [1.82, 2.24) is 15.5 Å². The Kier molecular flexibility index (Phi) is 10.2. The number of ether oxygens (including phenoxy) is 2. The predicted octanol–water partition coefficient (Wildman–Crippen LogP) is 1.65. The van der Waals surface area contributed by atoms with Crippen molar-refractivity contribution in [2.75, 3.05) is 13.7 Å². The molecule has 3 rings (SSSR count). The molecule has 3 N–H and O–H groups in total. The van der Waals surface area contributed by atoms with E-state index in [-0.39, 0.29) is 19.6 Å². The molecular weight excluding hydrogens is 494 g/mol. The Labute approximate surface area is 220 Å². The number of hydrogen-bond acceptors (Lipinski definition) is 7. The van der Waals surface area contributed by atoms with E-state index in [9.17, 15) is 29.1 Å². The van der Waals surface area contributed by atoms with Crippen LogP contribution in [0.4, 0.5) is 4.79 Å². The number of esters is 1. The summed E-state index contributed by atoms with van der Waals surface area (Å²) in [7, 11) is 1.18. The molecule has 202 valence electrons. The summed E-state index contributed by atoms with van der Waals surface area (Å²) >= 11 is 0. The van der Waals surface area contributed by atoms with Crippen molar-refractivity contribution in [1.29, 1.82) is 0 Å². The van der Waals surface area contributed by atoms with Crippen molar-refractivity contribution in [3.05, 3.63) is 71.8 Å². The number of hydrogen-bond donors (Lipinski definition) is 3. The number of amides is 3. The highest BCUT2D eigenvalue weighted by atomic mass is 16.6. The molecule has 3 amide bonds. The third-order valence-electron chi connectivity index (χ3n) is 6.09. The Morgan fingerprint density at radius 3 is 2.18 bits per heavy atom. The van der Waals surface area contributed by atoms with Crippen LogP contribution in [0.5, 0.6) is 0 Å². The van der Waals surface area contributed by atoms with Crippen LogP contribution >= 0.6 is 0 Å². The average molecular weight is 526 g/mol. The van der Waals surface area contributed by atoms with E-state index in [2.05, 4.69) is 10.6 Å². The molecule has 11 heteroatoms. The van der Waals surface area contributed by atoms with Gasteiger partial charge in [0.15, 0.2) is 0 Å². The van der Waals surface area contributed by atoms with Crippen molar-refractivity contribution < 1.29 is 38.6 Å². The number of carbonyl (C=O) groups is 5. The number of carboxylic acid groups (broad SMARTS) is 1. The minimum absolute atomic E-state index is 0.0326. The fourth-order valence-corrected chi connectivity index (χ4v) is 4.17. The summed E-state index contributed by atoms with van der Waals surface area (Å²) < 4.78 is 10.1. The van der Waals surface area contributed by atoms with Gasteiger partial charge in [-0.1, -0.05) is 60.7 Å². The Morgan fingerprint density at radius 2 is 1.58 bits per heavy atom. The first kappa shape index (κ1) is 28.2. The quantitative estimate of drug-likeness (QED) is 0.375. The third-order valence-corrected chi connectivity index (χ3v) is 6.09. The van der Waals surface area contributed by atoms with Gasteiger partial charge in [0.25, 0.3) is 0 Å². The number of likely N-dealkylation sites (tertiary alicyclic amines) is 1. The lowest BCUT2D eigenvalue weighted by Crippen LogP contribution is -2.56. The van der Waals surface area contributed by atoms with Crippen LogP contribution in [-0.4, -0.2) is 71.6 Å². The molecule has 1 fully saturated rings. The highest BCUT2D eigenvalue weighted by molar-refractivity contribution is 5.95. The van der Waals surface area contributed by atoms with Crippen molar-refractivity contribution in [2.24, 2.45) is 0 Å². The van der Waals surface area contributed by atoms with Crippen LogP contribution in [0.25, 0.3) is 0 Å². The van der Waals surface area contributed by atoms with Gasteiger partial charge in [0.2, 0.25) is 11.8 Å². The Balaban J connectivity index is 1.65. The molecule has 1 heterocycles. The molecule has 1 aliphatic heterocycles. The van der Waals surface area contributed by atoms with Crippen LogP contribution in [0.1, 0.15) is 30.4 Å². The Bertz CT molecular complexity index is 1130. The molecule has 11 nitrogen and oxygen atoms in total. The number of methoxy groups -OCH3 is 1. The second-order valence-corrected chi connectivity index (χ2v) is 8.82. The largest absolute Gasteiger partial charge is 0.481 e. The van der Waals surface area contributed by atoms with Gasteiger partial charge >= 0.3 is 18.0 Å². The van der Waals surface area contributed by atoms with Crippen LogP contribution in [0, 0.1) is 0 Å². The fourth-order valence-electron chi connectivity index (χ4n) is 4.17. The number of benzene rings is 2. The second-order valence-electron chi connectivity index (χ2n) is 8.82. The number of nitrogens with one attached hydrogen (secondary N) is 2. The van der Waals surface area contributed by atoms with Gasteiger partial charge in [0.1, 0.15) is 24.7 Å². The number of carboxylic acids is 1. The summed E-state index contributed by atoms with van der Waals surface area (Å²) in [6, 6.07) is 14.4. The maximum Gasteiger partial charge on any atom is 0.410 e. The van der Waals surface area contributed by atoms with E-state index in [1.165, 1.54) is 12.0 Å². The topological polar surface area (TPSA) is 151 Å². The monoisotopic (exact) mass is 525 g/mol. The molecule has 2 aromatic rings. The zero-order chi connectivity index (χ0) is 27.5. The zero-order valence-electron chi connectivity index (χ0n) is 21.0. The molecule has 1 aliphatic rings. The van der Waals surface area contributed by atoms with Crippen molar-refractivity contribution in [3.8, 4) is 0 Å². The van der Waals surface area contributed by atoms with E-state index in [1.54, 1.807) is 42.5 Å². The lowest BCUT2D eigenvalue weighted by atomic mass is 10.0. The first-order chi connectivity index (χ1) is 18.3. The van der Waals surface area contributed by atoms with Gasteiger partial charge in [-0.05, 0) is 24.0 Å². The number of aliphatic carboxylic acids is 1.